The molecule has 12 atom stereocenters. The largest absolute Gasteiger partial charge is 0.391 e. The van der Waals surface area contributed by atoms with Crippen LogP contribution in [0.5, 0.6) is 0 Å². The van der Waals surface area contributed by atoms with Crippen molar-refractivity contribution in [1.29, 1.82) is 0 Å². The smallest absolute Gasteiger partial charge is 0.245 e. The minimum absolute atomic E-state index is 0. The maximum atomic E-state index is 14.7. The maximum Gasteiger partial charge on any atom is 0.245 e. The first-order chi connectivity index (χ1) is 41.4. The molecular weight excluding hydrogens is 1170 g/mol. The molecule has 3 rings (SSSR count). The third kappa shape index (κ3) is 25.6. The predicted octanol–water partition coefficient (Wildman–Crippen LogP) is -4.59. The standard InChI is InChI=1S/C57H97N17O13.ClH/c1-6-7-8-9-10-15-45(77)65-37(16-22-58)52(82)74-47(33(5)76)57(87)70-40(19-25-61)49(79)69-42-21-27-63-56(86)46(32(4)75)73-53(83)41(20-26-62)67-48(78)38(17-23-59)68-54(84)43(28-31(2)3)71-55(85)44(72-50(80)39(18-24-60)66-51(42)81)29-34-30-64-36-14-12-11-13-35(34)36;/h11-14,30-33,37-44,46-47,64,75-76H,6-10,15-29,58-62H2,1-5H3,(H,63,86)(H,65,77)(H,66,81)(H,67,78)(H,68,84)(H,69,79)(H,70,87)(H,71,85)(H,72,80)(H,73,83)(H,74,82);1H/t32-,33-,37+,38+,39+,40+,41+,42+,43+,44-,46+,47+;/m1./s1. The lowest BCUT2D eigenvalue weighted by Gasteiger charge is -2.29. The third-order valence-corrected chi connectivity index (χ3v) is 14.5. The van der Waals surface area contributed by atoms with Gasteiger partial charge in [0.1, 0.15) is 60.4 Å². The Morgan fingerprint density at radius 1 is 0.591 bits per heavy atom. The number of H-pyrrole nitrogens is 1. The molecule has 31 heteroatoms. The number of carbonyl (C=O) groups excluding carboxylic acids is 11. The number of aromatic nitrogens is 1. The van der Waals surface area contributed by atoms with Crippen LogP contribution in [0.4, 0.5) is 0 Å². The van der Waals surface area contributed by atoms with E-state index in [1.807, 2.05) is 0 Å². The molecule has 0 saturated carbocycles. The summed E-state index contributed by atoms with van der Waals surface area (Å²) in [6, 6.07) is -7.74. The minimum atomic E-state index is -1.70. The molecule has 2 aromatic rings. The number of amides is 11. The van der Waals surface area contributed by atoms with Gasteiger partial charge in [0, 0.05) is 36.5 Å². The number of hydrogen-bond acceptors (Lipinski definition) is 18. The van der Waals surface area contributed by atoms with Gasteiger partial charge in [-0.25, -0.2) is 0 Å². The average Bonchev–Trinajstić information content (AvgIpc) is 4.11. The number of unbranched alkanes of at least 4 members (excludes halogenated alkanes) is 4. The first-order valence-corrected chi connectivity index (χ1v) is 30.1. The van der Waals surface area contributed by atoms with Crippen molar-refractivity contribution in [3.05, 3.63) is 36.0 Å². The number of benzene rings is 1. The number of hydrogen-bond donors (Lipinski definition) is 19. The zero-order valence-electron chi connectivity index (χ0n) is 51.2. The average molecular weight is 1260 g/mol. The van der Waals surface area contributed by atoms with Crippen molar-refractivity contribution in [3.63, 3.8) is 0 Å². The summed E-state index contributed by atoms with van der Waals surface area (Å²) in [5.74, 6) is -10.0. The topological polar surface area (TPSA) is 506 Å². The highest BCUT2D eigenvalue weighted by Gasteiger charge is 2.38. The molecule has 0 unspecified atom stereocenters. The van der Waals surface area contributed by atoms with Crippen LogP contribution in [0.15, 0.2) is 30.5 Å². The van der Waals surface area contributed by atoms with Crippen molar-refractivity contribution < 1.29 is 63.0 Å². The van der Waals surface area contributed by atoms with Crippen LogP contribution in [0.2, 0.25) is 0 Å². The van der Waals surface area contributed by atoms with Gasteiger partial charge in [0.2, 0.25) is 65.0 Å². The molecule has 0 aliphatic carbocycles. The Hall–Kier alpha value is -7.06. The molecule has 88 heavy (non-hydrogen) atoms. The Bertz CT molecular complexity index is 2590. The SMILES string of the molecule is CCCCCCCC(=O)N[C@@H](CCN)C(=O)N[C@H](C(=O)N[C@@H](CCN)C(=O)N[C@H]1CCNC(=O)[C@H]([C@@H](C)O)NC(=O)[C@H](CCN)NC(=O)[C@H](CCN)NC(=O)[C@H](CC(C)C)NC(=O)[C@@H](Cc2c[nH]c3ccccc23)NC(=O)[C@H](CCN)NC1=O)[C@@H](C)O.Cl. The highest BCUT2D eigenvalue weighted by atomic mass is 35.5. The van der Waals surface area contributed by atoms with Crippen LogP contribution in [0.3, 0.4) is 0 Å². The quantitative estimate of drug-likeness (QED) is 0.0341. The van der Waals surface area contributed by atoms with Crippen LogP contribution < -0.4 is 87.2 Å². The lowest BCUT2D eigenvalue weighted by molar-refractivity contribution is -0.137. The highest BCUT2D eigenvalue weighted by molar-refractivity contribution is 5.99. The summed E-state index contributed by atoms with van der Waals surface area (Å²) in [6.45, 7) is 6.85. The molecule has 24 N–H and O–H groups in total. The molecule has 496 valence electrons. The number of aromatic amines is 1. The molecule has 0 spiro atoms. The number of aliphatic hydroxyl groups is 2. The van der Waals surface area contributed by atoms with Gasteiger partial charge in [0.15, 0.2) is 0 Å². The number of para-hydroxylation sites is 1. The fourth-order valence-electron chi connectivity index (χ4n) is 9.70. The Morgan fingerprint density at radius 2 is 1.10 bits per heavy atom. The number of halogens is 1. The number of aliphatic hydroxyl groups excluding tert-OH is 2. The molecule has 1 saturated heterocycles. The van der Waals surface area contributed by atoms with Gasteiger partial charge in [-0.3, -0.25) is 52.7 Å². The minimum Gasteiger partial charge on any atom is -0.391 e. The molecule has 1 aromatic carbocycles. The molecular formula is C57H98ClN17O13. The van der Waals surface area contributed by atoms with Crippen LogP contribution in [0.25, 0.3) is 10.9 Å². The predicted molar refractivity (Wildman–Crippen MR) is 331 cm³/mol. The van der Waals surface area contributed by atoms with E-state index in [2.05, 4.69) is 70.4 Å². The van der Waals surface area contributed by atoms with Crippen molar-refractivity contribution in [1.82, 2.24) is 63.5 Å². The van der Waals surface area contributed by atoms with Gasteiger partial charge in [-0.2, -0.15) is 0 Å². The van der Waals surface area contributed by atoms with E-state index in [4.69, 9.17) is 28.7 Å². The van der Waals surface area contributed by atoms with Crippen molar-refractivity contribution in [2.75, 3.05) is 39.3 Å². The van der Waals surface area contributed by atoms with Crippen molar-refractivity contribution in [2.45, 2.75) is 197 Å². The van der Waals surface area contributed by atoms with Crippen LogP contribution in [-0.2, 0) is 59.2 Å². The van der Waals surface area contributed by atoms with Gasteiger partial charge in [0.05, 0.1) is 12.2 Å². The van der Waals surface area contributed by atoms with E-state index in [9.17, 15) is 63.0 Å². The molecule has 0 radical (unpaired) electrons. The molecule has 1 aromatic heterocycles. The Morgan fingerprint density at radius 3 is 1.65 bits per heavy atom. The second-order valence-corrected chi connectivity index (χ2v) is 22.3. The summed E-state index contributed by atoms with van der Waals surface area (Å²) >= 11 is 0. The normalized spacial score (nSPS) is 22.1. The Kier molecular flexibility index (Phi) is 35.4. The zero-order chi connectivity index (χ0) is 64.8. The van der Waals surface area contributed by atoms with E-state index in [1.54, 1.807) is 44.3 Å². The second kappa shape index (κ2) is 40.5. The fourth-order valence-corrected chi connectivity index (χ4v) is 9.70. The highest BCUT2D eigenvalue weighted by Crippen LogP contribution is 2.20. The number of fused-ring (bicyclic) bond motifs is 1. The number of carbonyl (C=O) groups is 11. The first kappa shape index (κ1) is 77.0. The summed E-state index contributed by atoms with van der Waals surface area (Å²) in [7, 11) is 0. The van der Waals surface area contributed by atoms with Gasteiger partial charge < -0.3 is 102 Å². The lowest BCUT2D eigenvalue weighted by Crippen LogP contribution is -2.62. The van der Waals surface area contributed by atoms with E-state index in [1.165, 1.54) is 13.8 Å². The lowest BCUT2D eigenvalue weighted by atomic mass is 10.00. The molecule has 30 nitrogen and oxygen atoms in total. The maximum absolute atomic E-state index is 14.7. The molecule has 1 fully saturated rings. The number of nitrogens with two attached hydrogens (primary N) is 5. The van der Waals surface area contributed by atoms with Gasteiger partial charge in [-0.1, -0.05) is 64.7 Å². The van der Waals surface area contributed by atoms with Crippen molar-refractivity contribution >= 4 is 88.3 Å². The number of rotatable bonds is 29. The van der Waals surface area contributed by atoms with Gasteiger partial charge >= 0.3 is 0 Å². The van der Waals surface area contributed by atoms with Crippen LogP contribution >= 0.6 is 12.4 Å². The third-order valence-electron chi connectivity index (χ3n) is 14.5. The monoisotopic (exact) mass is 1260 g/mol. The summed E-state index contributed by atoms with van der Waals surface area (Å²) in [4.78, 5) is 158. The summed E-state index contributed by atoms with van der Waals surface area (Å²) in [5.41, 5.74) is 30.7. The first-order valence-electron chi connectivity index (χ1n) is 30.1. The van der Waals surface area contributed by atoms with Gasteiger partial charge in [-0.05, 0) is 115 Å². The summed E-state index contributed by atoms with van der Waals surface area (Å²) in [6.07, 6.45) is 1.57. The van der Waals surface area contributed by atoms with E-state index in [0.717, 1.165) is 25.7 Å². The fraction of sp³-hybridized carbons (Fsp3) is 0.667. The summed E-state index contributed by atoms with van der Waals surface area (Å²) < 4.78 is 0. The van der Waals surface area contributed by atoms with Crippen LogP contribution in [0, 0.1) is 5.92 Å². The number of nitrogens with one attached hydrogen (secondary N) is 12. The van der Waals surface area contributed by atoms with Crippen molar-refractivity contribution in [3.8, 4) is 0 Å². The van der Waals surface area contributed by atoms with E-state index in [-0.39, 0.29) is 102 Å². The van der Waals surface area contributed by atoms with Crippen LogP contribution in [-0.4, -0.2) is 192 Å². The second-order valence-electron chi connectivity index (χ2n) is 22.3. The Balaban J connectivity index is 0.0000264. The summed E-state index contributed by atoms with van der Waals surface area (Å²) in [5, 5.41) is 50.5. The zero-order valence-corrected chi connectivity index (χ0v) is 52.0. The molecule has 2 heterocycles. The molecule has 1 aliphatic heterocycles. The van der Waals surface area contributed by atoms with E-state index >= 15 is 0 Å². The Labute approximate surface area is 519 Å². The van der Waals surface area contributed by atoms with Crippen molar-refractivity contribution in [2.24, 2.45) is 34.6 Å². The van der Waals surface area contributed by atoms with Gasteiger partial charge in [-0.15, -0.1) is 12.4 Å². The molecule has 0 bridgehead atoms. The van der Waals surface area contributed by atoms with E-state index < -0.39 is 151 Å². The van der Waals surface area contributed by atoms with E-state index in [0.29, 0.717) is 22.9 Å². The molecule has 11 amide bonds. The van der Waals surface area contributed by atoms with Gasteiger partial charge in [0.25, 0.3) is 0 Å². The molecule has 1 aliphatic rings. The van der Waals surface area contributed by atoms with Crippen LogP contribution in [0.1, 0.15) is 124 Å².